The van der Waals surface area contributed by atoms with E-state index in [1.54, 1.807) is 19.1 Å². The first-order valence-electron chi connectivity index (χ1n) is 6.58. The quantitative estimate of drug-likeness (QED) is 0.433. The van der Waals surface area contributed by atoms with Crippen molar-refractivity contribution in [2.24, 2.45) is 5.92 Å². The largest absolute Gasteiger partial charge is 0.465 e. The molecule has 0 aliphatic heterocycles. The topological polar surface area (TPSA) is 73.3 Å². The summed E-state index contributed by atoms with van der Waals surface area (Å²) in [7, 11) is 0. The van der Waals surface area contributed by atoms with Gasteiger partial charge < -0.3 is 9.53 Å². The van der Waals surface area contributed by atoms with Crippen molar-refractivity contribution in [2.45, 2.75) is 33.6 Å². The van der Waals surface area contributed by atoms with Crippen LogP contribution in [0, 0.1) is 12.8 Å². The first kappa shape index (κ1) is 16.0. The number of carbonyl (C=O) groups is 3. The molecule has 1 aromatic rings. The van der Waals surface area contributed by atoms with Crippen LogP contribution in [0.1, 0.15) is 42.7 Å². The number of esters is 1. The predicted molar refractivity (Wildman–Crippen MR) is 73.3 cm³/mol. The number of ketones is 2. The van der Waals surface area contributed by atoms with E-state index in [0.717, 1.165) is 5.69 Å². The molecule has 0 bridgehead atoms. The van der Waals surface area contributed by atoms with Gasteiger partial charge in [-0.15, -0.1) is 0 Å². The summed E-state index contributed by atoms with van der Waals surface area (Å²) >= 11 is 0. The summed E-state index contributed by atoms with van der Waals surface area (Å²) in [5, 5.41) is 0. The first-order chi connectivity index (χ1) is 9.45. The van der Waals surface area contributed by atoms with Crippen LogP contribution in [0.4, 0.5) is 0 Å². The summed E-state index contributed by atoms with van der Waals surface area (Å²) < 4.78 is 4.91. The van der Waals surface area contributed by atoms with Gasteiger partial charge in [0.05, 0.1) is 6.61 Å². The van der Waals surface area contributed by atoms with Crippen LogP contribution in [-0.2, 0) is 14.3 Å². The van der Waals surface area contributed by atoms with Gasteiger partial charge in [0, 0.05) is 23.9 Å². The number of rotatable bonds is 7. The Bertz CT molecular complexity index is 493. The zero-order valence-electron chi connectivity index (χ0n) is 12.0. The minimum Gasteiger partial charge on any atom is -0.465 e. The van der Waals surface area contributed by atoms with Gasteiger partial charge in [0.15, 0.2) is 5.78 Å². The fourth-order valence-corrected chi connectivity index (χ4v) is 1.76. The van der Waals surface area contributed by atoms with Crippen molar-refractivity contribution in [3.05, 3.63) is 29.6 Å². The van der Waals surface area contributed by atoms with Crippen LogP contribution < -0.4 is 0 Å². The Hall–Kier alpha value is -2.04. The second-order valence-corrected chi connectivity index (χ2v) is 4.60. The van der Waals surface area contributed by atoms with Gasteiger partial charge >= 0.3 is 5.97 Å². The number of carbonyl (C=O) groups excluding carboxylic acids is 3. The zero-order valence-corrected chi connectivity index (χ0v) is 12.0. The van der Waals surface area contributed by atoms with E-state index >= 15 is 0 Å². The Morgan fingerprint density at radius 3 is 2.50 bits per heavy atom. The Morgan fingerprint density at radius 1 is 1.30 bits per heavy atom. The van der Waals surface area contributed by atoms with Gasteiger partial charge in [0.2, 0.25) is 0 Å². The van der Waals surface area contributed by atoms with E-state index in [1.165, 1.54) is 13.1 Å². The molecule has 1 atom stereocenters. The molecule has 1 aromatic heterocycles. The van der Waals surface area contributed by atoms with Crippen molar-refractivity contribution in [3.8, 4) is 0 Å². The van der Waals surface area contributed by atoms with Gasteiger partial charge in [-0.25, -0.2) is 0 Å². The van der Waals surface area contributed by atoms with Crippen molar-refractivity contribution < 1.29 is 19.1 Å². The fourth-order valence-electron chi connectivity index (χ4n) is 1.76. The number of Topliss-reactive ketones (excluding diaryl/α,β-unsaturated/α-hetero) is 2. The van der Waals surface area contributed by atoms with Gasteiger partial charge in [0.1, 0.15) is 11.7 Å². The lowest BCUT2D eigenvalue weighted by Crippen LogP contribution is -2.27. The Morgan fingerprint density at radius 2 is 2.00 bits per heavy atom. The lowest BCUT2D eigenvalue weighted by molar-refractivity contribution is -0.146. The highest BCUT2D eigenvalue weighted by atomic mass is 16.5. The maximum Gasteiger partial charge on any atom is 0.316 e. The Balaban J connectivity index is 2.90. The molecule has 0 N–H and O–H groups in total. The third-order valence-electron chi connectivity index (χ3n) is 2.87. The average molecular weight is 277 g/mol. The summed E-state index contributed by atoms with van der Waals surface area (Å²) in [6.07, 6.45) is 1.78. The zero-order chi connectivity index (χ0) is 15.1. The molecule has 5 heteroatoms. The molecule has 0 aromatic carbocycles. The average Bonchev–Trinajstić information content (AvgIpc) is 2.39. The molecule has 5 nitrogen and oxygen atoms in total. The molecular weight excluding hydrogens is 258 g/mol. The summed E-state index contributed by atoms with van der Waals surface area (Å²) in [6.45, 7) is 5.12. The number of pyridine rings is 1. The number of aryl methyl sites for hydroxylation is 1. The van der Waals surface area contributed by atoms with Crippen LogP contribution in [0.3, 0.4) is 0 Å². The van der Waals surface area contributed by atoms with Crippen LogP contribution in [0.2, 0.25) is 0 Å². The van der Waals surface area contributed by atoms with E-state index in [0.29, 0.717) is 5.56 Å². The van der Waals surface area contributed by atoms with Crippen molar-refractivity contribution in [1.82, 2.24) is 4.98 Å². The monoisotopic (exact) mass is 277 g/mol. The molecule has 108 valence electrons. The predicted octanol–water partition coefficient (Wildman–Crippen LogP) is 2.12. The molecule has 0 aliphatic rings. The molecule has 0 aliphatic carbocycles. The first-order valence-corrected chi connectivity index (χ1v) is 6.58. The van der Waals surface area contributed by atoms with E-state index in [2.05, 4.69) is 4.98 Å². The molecule has 0 unspecified atom stereocenters. The molecule has 0 saturated carbocycles. The minimum atomic E-state index is -0.941. The minimum absolute atomic E-state index is 0.0610. The normalized spacial score (nSPS) is 11.8. The van der Waals surface area contributed by atoms with Gasteiger partial charge in [0.25, 0.3) is 0 Å². The van der Waals surface area contributed by atoms with Crippen LogP contribution in [-0.4, -0.2) is 29.1 Å². The number of aromatic nitrogens is 1. The smallest absolute Gasteiger partial charge is 0.316 e. The maximum atomic E-state index is 12.3. The number of ether oxygens (including phenoxy) is 1. The van der Waals surface area contributed by atoms with Gasteiger partial charge in [-0.1, -0.05) is 0 Å². The highest BCUT2D eigenvalue weighted by Gasteiger charge is 2.29. The Kier molecular flexibility index (Phi) is 6.03. The van der Waals surface area contributed by atoms with Crippen molar-refractivity contribution in [2.75, 3.05) is 6.61 Å². The molecule has 0 saturated heterocycles. The fraction of sp³-hybridized carbons (Fsp3) is 0.467. The van der Waals surface area contributed by atoms with E-state index in [9.17, 15) is 14.4 Å². The van der Waals surface area contributed by atoms with E-state index in [4.69, 9.17) is 4.74 Å². The van der Waals surface area contributed by atoms with E-state index in [1.807, 2.05) is 6.92 Å². The Labute approximate surface area is 118 Å². The van der Waals surface area contributed by atoms with Gasteiger partial charge in [-0.2, -0.15) is 0 Å². The van der Waals surface area contributed by atoms with Crippen LogP contribution in [0.25, 0.3) is 0 Å². The molecule has 0 fully saturated rings. The van der Waals surface area contributed by atoms with Gasteiger partial charge in [-0.05, 0) is 39.3 Å². The third kappa shape index (κ3) is 4.57. The molecule has 0 amide bonds. The van der Waals surface area contributed by atoms with Crippen LogP contribution in [0.15, 0.2) is 18.3 Å². The lowest BCUT2D eigenvalue weighted by Gasteiger charge is -2.13. The molecule has 1 rings (SSSR count). The van der Waals surface area contributed by atoms with Crippen LogP contribution >= 0.6 is 0 Å². The third-order valence-corrected chi connectivity index (χ3v) is 2.87. The molecule has 0 radical (unpaired) electrons. The number of hydrogen-bond acceptors (Lipinski definition) is 5. The molecular formula is C15H19NO4. The second kappa shape index (κ2) is 7.53. The van der Waals surface area contributed by atoms with Crippen molar-refractivity contribution in [1.29, 1.82) is 0 Å². The number of nitrogens with zero attached hydrogens (tertiary/aromatic N) is 1. The summed E-state index contributed by atoms with van der Waals surface area (Å²) in [6, 6.07) is 3.34. The van der Waals surface area contributed by atoms with E-state index in [-0.39, 0.29) is 31.0 Å². The molecule has 0 spiro atoms. The van der Waals surface area contributed by atoms with Crippen LogP contribution in [0.5, 0.6) is 0 Å². The van der Waals surface area contributed by atoms with Gasteiger partial charge in [-0.3, -0.25) is 14.6 Å². The summed E-state index contributed by atoms with van der Waals surface area (Å²) in [5.74, 6) is -1.94. The molecule has 20 heavy (non-hydrogen) atoms. The lowest BCUT2D eigenvalue weighted by atomic mass is 9.93. The highest BCUT2D eigenvalue weighted by molar-refractivity contribution is 6.08. The van der Waals surface area contributed by atoms with Crippen molar-refractivity contribution >= 4 is 17.5 Å². The maximum absolute atomic E-state index is 12.3. The number of hydrogen-bond donors (Lipinski definition) is 0. The summed E-state index contributed by atoms with van der Waals surface area (Å²) in [5.41, 5.74) is 1.15. The molecule has 1 heterocycles. The summed E-state index contributed by atoms with van der Waals surface area (Å²) in [4.78, 5) is 39.3. The standard InChI is InChI=1S/C15H19NO4/c1-4-20-15(19)13(8-6-11(3)17)14(18)12-7-5-10(2)16-9-12/h5,7,9,13H,4,6,8H2,1-3H3/t13-/m0/s1. The highest BCUT2D eigenvalue weighted by Crippen LogP contribution is 2.16. The van der Waals surface area contributed by atoms with Crippen molar-refractivity contribution in [3.63, 3.8) is 0 Å². The SMILES string of the molecule is CCOC(=O)[C@@H](CCC(C)=O)C(=O)c1ccc(C)nc1. The van der Waals surface area contributed by atoms with E-state index < -0.39 is 11.9 Å². The second-order valence-electron chi connectivity index (χ2n) is 4.60.